The van der Waals surface area contributed by atoms with Gasteiger partial charge in [-0.05, 0) is 12.0 Å². The number of carboxylic acid groups (broad SMARTS) is 2. The molecular formula is C16H16N2O4S. The molecule has 0 aliphatic carbocycles. The van der Waals surface area contributed by atoms with Crippen molar-refractivity contribution in [3.05, 3.63) is 52.5 Å². The number of thiazole rings is 1. The number of carbonyl (C=O) groups is 2. The molecule has 3 N–H and O–H groups in total. The smallest absolute Gasteiger partial charge is 0.324 e. The summed E-state index contributed by atoms with van der Waals surface area (Å²) in [5.74, 6) is -2.86. The highest BCUT2D eigenvalue weighted by atomic mass is 32.1. The molecule has 2 heterocycles. The molecule has 6 nitrogen and oxygen atoms in total. The Kier molecular flexibility index (Phi) is 4.14. The Morgan fingerprint density at radius 2 is 2.04 bits per heavy atom. The van der Waals surface area contributed by atoms with Crippen molar-refractivity contribution >= 4 is 23.3 Å². The predicted octanol–water partition coefficient (Wildman–Crippen LogP) is 1.94. The van der Waals surface area contributed by atoms with Crippen molar-refractivity contribution in [1.82, 2.24) is 10.3 Å². The van der Waals surface area contributed by atoms with Gasteiger partial charge in [0.15, 0.2) is 0 Å². The van der Waals surface area contributed by atoms with E-state index in [1.807, 2.05) is 30.3 Å². The van der Waals surface area contributed by atoms with Gasteiger partial charge in [0, 0.05) is 18.0 Å². The van der Waals surface area contributed by atoms with E-state index in [9.17, 15) is 19.8 Å². The predicted molar refractivity (Wildman–Crippen MR) is 84.2 cm³/mol. The fourth-order valence-electron chi connectivity index (χ4n) is 3.09. The van der Waals surface area contributed by atoms with Crippen LogP contribution in [-0.4, -0.2) is 32.7 Å². The summed E-state index contributed by atoms with van der Waals surface area (Å²) in [6, 6.07) is 8.64. The highest BCUT2D eigenvalue weighted by molar-refractivity contribution is 7.09. The number of aliphatic carboxylic acids is 2. The lowest BCUT2D eigenvalue weighted by molar-refractivity contribution is -0.145. The Morgan fingerprint density at radius 1 is 1.30 bits per heavy atom. The van der Waals surface area contributed by atoms with Crippen LogP contribution in [0.25, 0.3) is 0 Å². The van der Waals surface area contributed by atoms with Crippen molar-refractivity contribution in [2.24, 2.45) is 5.92 Å². The summed E-state index contributed by atoms with van der Waals surface area (Å²) in [5, 5.41) is 24.7. The molecule has 0 bridgehead atoms. The second-order valence-electron chi connectivity index (χ2n) is 5.69. The summed E-state index contributed by atoms with van der Waals surface area (Å²) < 4.78 is 0. The Morgan fingerprint density at radius 3 is 2.61 bits per heavy atom. The molecule has 1 aliphatic heterocycles. The molecule has 1 aromatic heterocycles. The van der Waals surface area contributed by atoms with E-state index < -0.39 is 29.4 Å². The van der Waals surface area contributed by atoms with Gasteiger partial charge in [0.2, 0.25) is 0 Å². The third-order valence-corrected chi connectivity index (χ3v) is 5.05. The van der Waals surface area contributed by atoms with Crippen LogP contribution < -0.4 is 5.32 Å². The van der Waals surface area contributed by atoms with Gasteiger partial charge in [-0.3, -0.25) is 14.9 Å². The Balaban J connectivity index is 1.95. The first-order valence-corrected chi connectivity index (χ1v) is 8.07. The van der Waals surface area contributed by atoms with E-state index in [1.165, 1.54) is 11.3 Å². The topological polar surface area (TPSA) is 99.5 Å². The third-order valence-electron chi connectivity index (χ3n) is 4.20. The quantitative estimate of drug-likeness (QED) is 0.774. The normalized spacial score (nSPS) is 27.0. The number of hydrogen-bond donors (Lipinski definition) is 3. The van der Waals surface area contributed by atoms with Crippen molar-refractivity contribution in [3.8, 4) is 0 Å². The molecule has 0 unspecified atom stereocenters. The molecule has 1 fully saturated rings. The van der Waals surface area contributed by atoms with Crippen LogP contribution in [0.4, 0.5) is 0 Å². The lowest BCUT2D eigenvalue weighted by atomic mass is 9.86. The molecule has 120 valence electrons. The van der Waals surface area contributed by atoms with E-state index in [-0.39, 0.29) is 12.8 Å². The van der Waals surface area contributed by atoms with Crippen LogP contribution in [0.5, 0.6) is 0 Å². The van der Waals surface area contributed by atoms with Gasteiger partial charge < -0.3 is 10.2 Å². The summed E-state index contributed by atoms with van der Waals surface area (Å²) in [4.78, 5) is 27.7. The number of nitrogens with zero attached hydrogens (tertiary/aromatic N) is 1. The SMILES string of the molecule is O=C(O)[C@H]1C[C@@](Cc2ccccc2)(C(=O)O)N[C@H]1c1nccs1. The van der Waals surface area contributed by atoms with E-state index in [2.05, 4.69) is 10.3 Å². The molecule has 0 spiro atoms. The molecule has 23 heavy (non-hydrogen) atoms. The monoisotopic (exact) mass is 332 g/mol. The summed E-state index contributed by atoms with van der Waals surface area (Å²) in [6.45, 7) is 0. The van der Waals surface area contributed by atoms with Gasteiger partial charge >= 0.3 is 11.9 Å². The maximum atomic E-state index is 11.9. The zero-order valence-electron chi connectivity index (χ0n) is 12.2. The summed E-state index contributed by atoms with van der Waals surface area (Å²) >= 11 is 1.33. The lowest BCUT2D eigenvalue weighted by Gasteiger charge is -2.25. The first-order valence-electron chi connectivity index (χ1n) is 7.19. The summed E-state index contributed by atoms with van der Waals surface area (Å²) in [7, 11) is 0. The Bertz CT molecular complexity index is 704. The van der Waals surface area contributed by atoms with E-state index in [1.54, 1.807) is 11.6 Å². The van der Waals surface area contributed by atoms with Crippen molar-refractivity contribution in [2.45, 2.75) is 24.4 Å². The zero-order chi connectivity index (χ0) is 16.4. The minimum atomic E-state index is -1.30. The highest BCUT2D eigenvalue weighted by Gasteiger charge is 2.53. The molecule has 0 amide bonds. The molecule has 0 radical (unpaired) electrons. The van der Waals surface area contributed by atoms with Gasteiger partial charge in [-0.1, -0.05) is 30.3 Å². The van der Waals surface area contributed by atoms with Gasteiger partial charge in [-0.2, -0.15) is 0 Å². The molecule has 0 saturated carbocycles. The van der Waals surface area contributed by atoms with Crippen LogP contribution >= 0.6 is 11.3 Å². The first kappa shape index (κ1) is 15.6. The third kappa shape index (κ3) is 2.97. The maximum Gasteiger partial charge on any atom is 0.324 e. The molecular weight excluding hydrogens is 316 g/mol. The molecule has 1 saturated heterocycles. The zero-order valence-corrected chi connectivity index (χ0v) is 13.0. The number of hydrogen-bond acceptors (Lipinski definition) is 5. The standard InChI is InChI=1S/C16H16N2O4S/c19-14(20)11-9-16(15(21)22,8-10-4-2-1-3-5-10)18-12(11)13-17-6-7-23-13/h1-7,11-12,18H,8-9H2,(H,19,20)(H,21,22)/t11-,12+,16-/m0/s1. The van der Waals surface area contributed by atoms with Crippen molar-refractivity contribution in [2.75, 3.05) is 0 Å². The van der Waals surface area contributed by atoms with Gasteiger partial charge in [-0.25, -0.2) is 4.98 Å². The number of carboxylic acids is 2. The van der Waals surface area contributed by atoms with Crippen LogP contribution in [0.2, 0.25) is 0 Å². The van der Waals surface area contributed by atoms with E-state index in [4.69, 9.17) is 0 Å². The number of benzene rings is 1. The molecule has 2 aromatic rings. The Labute approximate surface area is 136 Å². The minimum absolute atomic E-state index is 0.0246. The average molecular weight is 332 g/mol. The van der Waals surface area contributed by atoms with Crippen LogP contribution in [0, 0.1) is 5.92 Å². The van der Waals surface area contributed by atoms with E-state index >= 15 is 0 Å². The van der Waals surface area contributed by atoms with Gasteiger partial charge in [-0.15, -0.1) is 11.3 Å². The second kappa shape index (κ2) is 6.10. The Hall–Kier alpha value is -2.25. The minimum Gasteiger partial charge on any atom is -0.481 e. The molecule has 7 heteroatoms. The van der Waals surface area contributed by atoms with Crippen LogP contribution in [0.1, 0.15) is 23.0 Å². The molecule has 3 rings (SSSR count). The van der Waals surface area contributed by atoms with Crippen LogP contribution in [-0.2, 0) is 16.0 Å². The summed E-state index contributed by atoms with van der Waals surface area (Å²) in [6.07, 6.45) is 1.85. The van der Waals surface area contributed by atoms with Gasteiger partial charge in [0.1, 0.15) is 10.5 Å². The van der Waals surface area contributed by atoms with Crippen molar-refractivity contribution in [3.63, 3.8) is 0 Å². The number of rotatable bonds is 5. The largest absolute Gasteiger partial charge is 0.481 e. The highest BCUT2D eigenvalue weighted by Crippen LogP contribution is 2.40. The van der Waals surface area contributed by atoms with E-state index in [0.717, 1.165) is 5.56 Å². The second-order valence-corrected chi connectivity index (χ2v) is 6.62. The van der Waals surface area contributed by atoms with Crippen molar-refractivity contribution in [1.29, 1.82) is 0 Å². The molecule has 3 atom stereocenters. The fourth-order valence-corrected chi connectivity index (χ4v) is 3.85. The van der Waals surface area contributed by atoms with Crippen LogP contribution in [0.3, 0.4) is 0 Å². The lowest BCUT2D eigenvalue weighted by Crippen LogP contribution is -2.50. The van der Waals surface area contributed by atoms with E-state index in [0.29, 0.717) is 5.01 Å². The molecule has 1 aromatic carbocycles. The first-order chi connectivity index (χ1) is 11.0. The number of aromatic nitrogens is 1. The average Bonchev–Trinajstić information content (AvgIpc) is 3.16. The summed E-state index contributed by atoms with van der Waals surface area (Å²) in [5.41, 5.74) is -0.452. The van der Waals surface area contributed by atoms with Crippen LogP contribution in [0.15, 0.2) is 41.9 Å². The van der Waals surface area contributed by atoms with Gasteiger partial charge in [0.25, 0.3) is 0 Å². The maximum absolute atomic E-state index is 11.9. The van der Waals surface area contributed by atoms with Crippen molar-refractivity contribution < 1.29 is 19.8 Å². The molecule has 1 aliphatic rings. The fraction of sp³-hybridized carbons (Fsp3) is 0.312. The number of nitrogens with one attached hydrogen (secondary N) is 1. The van der Waals surface area contributed by atoms with Gasteiger partial charge in [0.05, 0.1) is 12.0 Å².